The van der Waals surface area contributed by atoms with Crippen molar-refractivity contribution in [2.45, 2.75) is 25.7 Å². The molecule has 20 heavy (non-hydrogen) atoms. The number of carbonyl (C=O) groups excluding carboxylic acids is 1. The fraction of sp³-hybridized carbons (Fsp3) is 0.267. The molecule has 0 fully saturated rings. The van der Waals surface area contributed by atoms with Crippen LogP contribution >= 0.6 is 34.5 Å². The highest BCUT2D eigenvalue weighted by Gasteiger charge is 2.17. The maximum atomic E-state index is 12.3. The van der Waals surface area contributed by atoms with Gasteiger partial charge in [-0.1, -0.05) is 23.2 Å². The smallest absolute Gasteiger partial charge is 0.265 e. The monoisotopic (exact) mass is 325 g/mol. The zero-order valence-electron chi connectivity index (χ0n) is 10.7. The molecule has 2 nitrogen and oxygen atoms in total. The maximum Gasteiger partial charge on any atom is 0.265 e. The molecule has 0 saturated carbocycles. The number of amides is 1. The van der Waals surface area contributed by atoms with E-state index in [9.17, 15) is 4.79 Å². The fourth-order valence-electron chi connectivity index (χ4n) is 2.37. The van der Waals surface area contributed by atoms with Crippen LogP contribution in [0.1, 0.15) is 33.0 Å². The predicted molar refractivity (Wildman–Crippen MR) is 85.4 cm³/mol. The minimum absolute atomic E-state index is 0.0808. The van der Waals surface area contributed by atoms with Gasteiger partial charge in [0.2, 0.25) is 0 Å². The van der Waals surface area contributed by atoms with Crippen LogP contribution in [-0.4, -0.2) is 5.91 Å². The van der Waals surface area contributed by atoms with E-state index >= 15 is 0 Å². The lowest BCUT2D eigenvalue weighted by Crippen LogP contribution is -2.10. The molecule has 1 aromatic heterocycles. The first-order valence-corrected chi connectivity index (χ1v) is 8.09. The van der Waals surface area contributed by atoms with Gasteiger partial charge in [-0.15, -0.1) is 11.3 Å². The van der Waals surface area contributed by atoms with E-state index in [1.807, 2.05) is 6.07 Å². The Labute approximate surface area is 131 Å². The van der Waals surface area contributed by atoms with Crippen LogP contribution in [0.3, 0.4) is 0 Å². The Hall–Kier alpha value is -1.03. The summed E-state index contributed by atoms with van der Waals surface area (Å²) in [6.07, 6.45) is 4.63. The minimum Gasteiger partial charge on any atom is -0.321 e. The molecule has 1 aromatic carbocycles. The van der Waals surface area contributed by atoms with Gasteiger partial charge < -0.3 is 5.32 Å². The van der Waals surface area contributed by atoms with E-state index in [-0.39, 0.29) is 5.91 Å². The van der Waals surface area contributed by atoms with Crippen molar-refractivity contribution < 1.29 is 4.79 Å². The van der Waals surface area contributed by atoms with Crippen molar-refractivity contribution in [3.8, 4) is 0 Å². The highest BCUT2D eigenvalue weighted by molar-refractivity contribution is 7.14. The van der Waals surface area contributed by atoms with Crippen LogP contribution in [0.5, 0.6) is 0 Å². The molecule has 0 unspecified atom stereocenters. The summed E-state index contributed by atoms with van der Waals surface area (Å²) in [4.78, 5) is 14.4. The van der Waals surface area contributed by atoms with E-state index in [1.54, 1.807) is 29.5 Å². The topological polar surface area (TPSA) is 29.1 Å². The van der Waals surface area contributed by atoms with Crippen LogP contribution in [0.25, 0.3) is 0 Å². The molecule has 0 aliphatic heterocycles. The number of carbonyl (C=O) groups is 1. The van der Waals surface area contributed by atoms with E-state index in [4.69, 9.17) is 23.2 Å². The zero-order valence-corrected chi connectivity index (χ0v) is 13.0. The summed E-state index contributed by atoms with van der Waals surface area (Å²) in [5, 5.41) is 3.79. The molecule has 5 heteroatoms. The SMILES string of the molecule is O=C(Nc1ccc(Cl)c(Cl)c1)c1cc2c(s1)CCCC2. The number of fused-ring (bicyclic) bond motifs is 1. The molecular formula is C15H13Cl2NOS. The molecule has 1 aliphatic rings. The molecule has 2 aromatic rings. The number of anilines is 1. The molecule has 0 bridgehead atoms. The number of nitrogens with one attached hydrogen (secondary N) is 1. The van der Waals surface area contributed by atoms with Gasteiger partial charge in [-0.2, -0.15) is 0 Å². The van der Waals surface area contributed by atoms with Crippen LogP contribution in [0.4, 0.5) is 5.69 Å². The molecule has 1 heterocycles. The van der Waals surface area contributed by atoms with Crippen LogP contribution in [0, 0.1) is 0 Å². The normalized spacial score (nSPS) is 13.9. The van der Waals surface area contributed by atoms with Gasteiger partial charge in [-0.3, -0.25) is 4.79 Å². The van der Waals surface area contributed by atoms with Gasteiger partial charge in [0.15, 0.2) is 0 Å². The van der Waals surface area contributed by atoms with Crippen LogP contribution in [-0.2, 0) is 12.8 Å². The Morgan fingerprint density at radius 1 is 1.10 bits per heavy atom. The summed E-state index contributed by atoms with van der Waals surface area (Å²) in [6.45, 7) is 0. The minimum atomic E-state index is -0.0808. The number of rotatable bonds is 2. The molecular weight excluding hydrogens is 313 g/mol. The molecule has 3 rings (SSSR count). The Kier molecular flexibility index (Phi) is 4.01. The number of aryl methyl sites for hydroxylation is 2. The summed E-state index contributed by atoms with van der Waals surface area (Å²) in [5.41, 5.74) is 2.00. The van der Waals surface area contributed by atoms with Gasteiger partial charge in [-0.05, 0) is 55.5 Å². The second-order valence-electron chi connectivity index (χ2n) is 4.85. The standard InChI is InChI=1S/C15H13Cl2NOS/c16-11-6-5-10(8-12(11)17)18-15(19)14-7-9-3-1-2-4-13(9)20-14/h5-8H,1-4H2,(H,18,19). The lowest BCUT2D eigenvalue weighted by molar-refractivity contribution is 0.103. The third kappa shape index (κ3) is 2.85. The lowest BCUT2D eigenvalue weighted by atomic mass is 9.99. The Balaban J connectivity index is 1.78. The van der Waals surface area contributed by atoms with Gasteiger partial charge in [0, 0.05) is 10.6 Å². The lowest BCUT2D eigenvalue weighted by Gasteiger charge is -2.08. The highest BCUT2D eigenvalue weighted by atomic mass is 35.5. The van der Waals surface area contributed by atoms with E-state index in [0.717, 1.165) is 17.7 Å². The molecule has 104 valence electrons. The second kappa shape index (κ2) is 5.76. The maximum absolute atomic E-state index is 12.3. The average Bonchev–Trinajstić information content (AvgIpc) is 2.87. The Bertz CT molecular complexity index is 642. The second-order valence-corrected chi connectivity index (χ2v) is 6.80. The number of halogens is 2. The molecule has 1 amide bonds. The summed E-state index contributed by atoms with van der Waals surface area (Å²) in [7, 11) is 0. The first-order valence-electron chi connectivity index (χ1n) is 6.51. The van der Waals surface area contributed by atoms with Gasteiger partial charge in [-0.25, -0.2) is 0 Å². The van der Waals surface area contributed by atoms with Crippen molar-refractivity contribution in [2.75, 3.05) is 5.32 Å². The van der Waals surface area contributed by atoms with Crippen molar-refractivity contribution in [1.29, 1.82) is 0 Å². The van der Waals surface area contributed by atoms with Crippen LogP contribution in [0.2, 0.25) is 10.0 Å². The number of benzene rings is 1. The highest BCUT2D eigenvalue weighted by Crippen LogP contribution is 2.30. The van der Waals surface area contributed by atoms with Crippen LogP contribution in [0.15, 0.2) is 24.3 Å². The zero-order chi connectivity index (χ0) is 14.1. The molecule has 0 spiro atoms. The largest absolute Gasteiger partial charge is 0.321 e. The first-order chi connectivity index (χ1) is 9.63. The summed E-state index contributed by atoms with van der Waals surface area (Å²) >= 11 is 13.4. The van der Waals surface area contributed by atoms with E-state index < -0.39 is 0 Å². The molecule has 1 N–H and O–H groups in total. The Morgan fingerprint density at radius 3 is 2.65 bits per heavy atom. The van der Waals surface area contributed by atoms with Gasteiger partial charge in [0.05, 0.1) is 14.9 Å². The fourth-order valence-corrected chi connectivity index (χ4v) is 3.82. The van der Waals surface area contributed by atoms with Crippen LogP contribution < -0.4 is 5.32 Å². The third-order valence-corrected chi connectivity index (χ3v) is 5.37. The molecule has 0 saturated heterocycles. The summed E-state index contributed by atoms with van der Waals surface area (Å²) in [6, 6.07) is 7.11. The van der Waals surface area contributed by atoms with Crippen molar-refractivity contribution in [3.63, 3.8) is 0 Å². The molecule has 0 radical (unpaired) electrons. The molecule has 1 aliphatic carbocycles. The number of hydrogen-bond acceptors (Lipinski definition) is 2. The quantitative estimate of drug-likeness (QED) is 0.809. The third-order valence-electron chi connectivity index (χ3n) is 3.40. The van der Waals surface area contributed by atoms with Crippen molar-refractivity contribution >= 4 is 46.1 Å². The number of hydrogen-bond donors (Lipinski definition) is 1. The number of thiophene rings is 1. The van der Waals surface area contributed by atoms with Crippen molar-refractivity contribution in [3.05, 3.63) is 49.6 Å². The van der Waals surface area contributed by atoms with Gasteiger partial charge in [0.1, 0.15) is 0 Å². The molecule has 0 atom stereocenters. The van der Waals surface area contributed by atoms with Gasteiger partial charge >= 0.3 is 0 Å². The van der Waals surface area contributed by atoms with E-state index in [1.165, 1.54) is 23.3 Å². The van der Waals surface area contributed by atoms with Gasteiger partial charge in [0.25, 0.3) is 5.91 Å². The van der Waals surface area contributed by atoms with Crippen molar-refractivity contribution in [1.82, 2.24) is 0 Å². The summed E-state index contributed by atoms with van der Waals surface area (Å²) in [5.74, 6) is -0.0808. The van der Waals surface area contributed by atoms with Crippen molar-refractivity contribution in [2.24, 2.45) is 0 Å². The Morgan fingerprint density at radius 2 is 1.90 bits per heavy atom. The van der Waals surface area contributed by atoms with E-state index in [2.05, 4.69) is 5.32 Å². The predicted octanol–water partition coefficient (Wildman–Crippen LogP) is 5.19. The van der Waals surface area contributed by atoms with E-state index in [0.29, 0.717) is 15.7 Å². The summed E-state index contributed by atoms with van der Waals surface area (Å²) < 4.78 is 0. The first kappa shape index (κ1) is 13.9. The average molecular weight is 326 g/mol.